The molecule has 0 aliphatic heterocycles. The van der Waals surface area contributed by atoms with Crippen LogP contribution in [0.2, 0.25) is 0 Å². The molecule has 2 rings (SSSR count). The molecule has 2 aromatic rings. The zero-order valence-corrected chi connectivity index (χ0v) is 12.0. The highest BCUT2D eigenvalue weighted by Crippen LogP contribution is 2.31. The van der Waals surface area contributed by atoms with Gasteiger partial charge in [0.05, 0.1) is 10.7 Å². The minimum absolute atomic E-state index is 0.163. The zero-order chi connectivity index (χ0) is 13.1. The molecule has 0 saturated carbocycles. The van der Waals surface area contributed by atoms with Gasteiger partial charge < -0.3 is 14.9 Å². The molecule has 0 saturated heterocycles. The standard InChI is InChI=1S/C14H16BrNO2/c1-9-5-6-12(11(15)8-9)18-14(10(2)16)13-4-3-7-17-13/h3-8,10,14H,16H2,1-2H3. The molecule has 0 fully saturated rings. The molecule has 0 amide bonds. The number of hydrogen-bond donors (Lipinski definition) is 1. The summed E-state index contributed by atoms with van der Waals surface area (Å²) in [5.41, 5.74) is 7.13. The molecule has 1 aromatic carbocycles. The fourth-order valence-electron chi connectivity index (χ4n) is 1.72. The lowest BCUT2D eigenvalue weighted by Crippen LogP contribution is -2.28. The molecule has 0 radical (unpaired) electrons. The van der Waals surface area contributed by atoms with Gasteiger partial charge in [-0.3, -0.25) is 0 Å². The van der Waals surface area contributed by atoms with Gasteiger partial charge in [-0.2, -0.15) is 0 Å². The number of rotatable bonds is 4. The second-order valence-electron chi connectivity index (χ2n) is 4.35. The van der Waals surface area contributed by atoms with Crippen LogP contribution in [-0.4, -0.2) is 6.04 Å². The molecule has 2 unspecified atom stereocenters. The Morgan fingerprint density at radius 1 is 1.33 bits per heavy atom. The van der Waals surface area contributed by atoms with Gasteiger partial charge in [0.25, 0.3) is 0 Å². The quantitative estimate of drug-likeness (QED) is 0.934. The van der Waals surface area contributed by atoms with Crippen LogP contribution in [0.1, 0.15) is 24.4 Å². The van der Waals surface area contributed by atoms with Crippen LogP contribution in [0.5, 0.6) is 5.75 Å². The monoisotopic (exact) mass is 309 g/mol. The van der Waals surface area contributed by atoms with Gasteiger partial charge in [-0.05, 0) is 59.6 Å². The maximum Gasteiger partial charge on any atom is 0.171 e. The van der Waals surface area contributed by atoms with Crippen LogP contribution in [-0.2, 0) is 0 Å². The molecule has 3 nitrogen and oxygen atoms in total. The van der Waals surface area contributed by atoms with Crippen molar-refractivity contribution in [3.05, 3.63) is 52.4 Å². The molecule has 1 aromatic heterocycles. The lowest BCUT2D eigenvalue weighted by molar-refractivity contribution is 0.152. The number of nitrogens with two attached hydrogens (primary N) is 1. The Hall–Kier alpha value is -1.26. The van der Waals surface area contributed by atoms with Crippen LogP contribution in [0.25, 0.3) is 0 Å². The van der Waals surface area contributed by atoms with Gasteiger partial charge in [-0.1, -0.05) is 6.07 Å². The van der Waals surface area contributed by atoms with Gasteiger partial charge in [0.1, 0.15) is 11.5 Å². The van der Waals surface area contributed by atoms with Gasteiger partial charge >= 0.3 is 0 Å². The van der Waals surface area contributed by atoms with Crippen LogP contribution in [0, 0.1) is 6.92 Å². The largest absolute Gasteiger partial charge is 0.480 e. The molecule has 18 heavy (non-hydrogen) atoms. The minimum atomic E-state index is -0.293. The molecule has 0 aliphatic rings. The summed E-state index contributed by atoms with van der Waals surface area (Å²) in [5, 5.41) is 0. The highest BCUT2D eigenvalue weighted by molar-refractivity contribution is 9.10. The van der Waals surface area contributed by atoms with Gasteiger partial charge in [0, 0.05) is 6.04 Å². The molecule has 1 heterocycles. The lowest BCUT2D eigenvalue weighted by atomic mass is 10.1. The van der Waals surface area contributed by atoms with E-state index in [1.54, 1.807) is 6.26 Å². The minimum Gasteiger partial charge on any atom is -0.480 e. The van der Waals surface area contributed by atoms with E-state index in [4.69, 9.17) is 14.9 Å². The molecule has 0 aliphatic carbocycles. The van der Waals surface area contributed by atoms with E-state index in [1.807, 2.05) is 44.2 Å². The van der Waals surface area contributed by atoms with E-state index in [9.17, 15) is 0 Å². The highest BCUT2D eigenvalue weighted by atomic mass is 79.9. The molecule has 2 N–H and O–H groups in total. The maximum atomic E-state index is 5.96. The Morgan fingerprint density at radius 2 is 2.11 bits per heavy atom. The van der Waals surface area contributed by atoms with E-state index in [0.29, 0.717) is 0 Å². The smallest absolute Gasteiger partial charge is 0.171 e. The first-order chi connectivity index (χ1) is 8.58. The summed E-state index contributed by atoms with van der Waals surface area (Å²) >= 11 is 3.49. The predicted octanol–water partition coefficient (Wildman–Crippen LogP) is 3.82. The van der Waals surface area contributed by atoms with Gasteiger partial charge in [0.15, 0.2) is 6.10 Å². The van der Waals surface area contributed by atoms with E-state index in [1.165, 1.54) is 5.56 Å². The van der Waals surface area contributed by atoms with Crippen molar-refractivity contribution in [1.29, 1.82) is 0 Å². The van der Waals surface area contributed by atoms with Gasteiger partial charge in [0.2, 0.25) is 0 Å². The number of halogens is 1. The lowest BCUT2D eigenvalue weighted by Gasteiger charge is -2.21. The van der Waals surface area contributed by atoms with E-state index in [-0.39, 0.29) is 12.1 Å². The normalized spacial score (nSPS) is 14.2. The second kappa shape index (κ2) is 5.59. The van der Waals surface area contributed by atoms with Crippen molar-refractivity contribution >= 4 is 15.9 Å². The molecule has 0 spiro atoms. The second-order valence-corrected chi connectivity index (χ2v) is 5.20. The topological polar surface area (TPSA) is 48.4 Å². The third-order valence-corrected chi connectivity index (χ3v) is 3.26. The number of furan rings is 1. The maximum absolute atomic E-state index is 5.96. The molecule has 96 valence electrons. The van der Waals surface area contributed by atoms with Gasteiger partial charge in [-0.15, -0.1) is 0 Å². The number of benzene rings is 1. The first kappa shape index (κ1) is 13.2. The predicted molar refractivity (Wildman–Crippen MR) is 74.6 cm³/mol. The summed E-state index contributed by atoms with van der Waals surface area (Å²) in [6, 6.07) is 9.48. The Kier molecular flexibility index (Phi) is 4.09. The SMILES string of the molecule is Cc1ccc(OC(c2ccco2)C(C)N)c(Br)c1. The zero-order valence-electron chi connectivity index (χ0n) is 10.4. The Morgan fingerprint density at radius 3 is 2.67 bits per heavy atom. The van der Waals surface area contributed by atoms with Crippen LogP contribution >= 0.6 is 15.9 Å². The van der Waals surface area contributed by atoms with Crippen LogP contribution < -0.4 is 10.5 Å². The number of hydrogen-bond acceptors (Lipinski definition) is 3. The van der Waals surface area contributed by atoms with Crippen molar-refractivity contribution in [3.8, 4) is 5.75 Å². The number of aryl methyl sites for hydroxylation is 1. The Balaban J connectivity index is 2.24. The van der Waals surface area contributed by atoms with Crippen LogP contribution in [0.3, 0.4) is 0 Å². The Bertz CT molecular complexity index is 509. The first-order valence-corrected chi connectivity index (χ1v) is 6.59. The van der Waals surface area contributed by atoms with Gasteiger partial charge in [-0.25, -0.2) is 0 Å². The molecular formula is C14H16BrNO2. The summed E-state index contributed by atoms with van der Waals surface area (Å²) in [4.78, 5) is 0. The third-order valence-electron chi connectivity index (χ3n) is 2.64. The summed E-state index contributed by atoms with van der Waals surface area (Å²) < 4.78 is 12.2. The van der Waals surface area contributed by atoms with Crippen molar-refractivity contribution in [3.63, 3.8) is 0 Å². The van der Waals surface area contributed by atoms with Crippen LogP contribution in [0.4, 0.5) is 0 Å². The molecule has 2 atom stereocenters. The highest BCUT2D eigenvalue weighted by Gasteiger charge is 2.21. The summed E-state index contributed by atoms with van der Waals surface area (Å²) in [6.07, 6.45) is 1.33. The molecular weight excluding hydrogens is 294 g/mol. The summed E-state index contributed by atoms with van der Waals surface area (Å²) in [5.74, 6) is 1.50. The van der Waals surface area contributed by atoms with Crippen LogP contribution in [0.15, 0.2) is 45.5 Å². The van der Waals surface area contributed by atoms with E-state index >= 15 is 0 Å². The Labute approximate surface area is 115 Å². The fourth-order valence-corrected chi connectivity index (χ4v) is 2.30. The van der Waals surface area contributed by atoms with Crippen molar-refractivity contribution in [2.45, 2.75) is 26.0 Å². The van der Waals surface area contributed by atoms with Crippen molar-refractivity contribution < 1.29 is 9.15 Å². The first-order valence-electron chi connectivity index (χ1n) is 5.79. The van der Waals surface area contributed by atoms with Crippen molar-refractivity contribution in [2.24, 2.45) is 5.73 Å². The van der Waals surface area contributed by atoms with Crippen molar-refractivity contribution in [1.82, 2.24) is 0 Å². The van der Waals surface area contributed by atoms with Crippen molar-refractivity contribution in [2.75, 3.05) is 0 Å². The molecule has 0 bridgehead atoms. The fraction of sp³-hybridized carbons (Fsp3) is 0.286. The third kappa shape index (κ3) is 2.94. The average molecular weight is 310 g/mol. The summed E-state index contributed by atoms with van der Waals surface area (Å²) in [6.45, 7) is 3.93. The van der Waals surface area contributed by atoms with E-state index in [2.05, 4.69) is 15.9 Å². The van der Waals surface area contributed by atoms with E-state index in [0.717, 1.165) is 16.0 Å². The molecule has 4 heteroatoms. The average Bonchev–Trinajstić information content (AvgIpc) is 2.80. The summed E-state index contributed by atoms with van der Waals surface area (Å²) in [7, 11) is 0. The van der Waals surface area contributed by atoms with E-state index < -0.39 is 0 Å². The number of ether oxygens (including phenoxy) is 1.